The van der Waals surface area contributed by atoms with Crippen LogP contribution in [-0.2, 0) is 17.4 Å². The normalized spacial score (nSPS) is 17.4. The molecule has 6 heteroatoms. The maximum atomic E-state index is 12.9. The summed E-state index contributed by atoms with van der Waals surface area (Å²) in [5.41, 5.74) is 13.2. The van der Waals surface area contributed by atoms with E-state index in [-0.39, 0.29) is 11.8 Å². The summed E-state index contributed by atoms with van der Waals surface area (Å²) < 4.78 is 1.94. The van der Waals surface area contributed by atoms with Crippen molar-refractivity contribution in [3.05, 3.63) is 118 Å². The third-order valence-electron chi connectivity index (χ3n) is 6.92. The molecule has 5 nitrogen and oxygen atoms in total. The number of benzene rings is 3. The van der Waals surface area contributed by atoms with Crippen molar-refractivity contribution in [1.82, 2.24) is 9.55 Å². The lowest BCUT2D eigenvalue weighted by Crippen LogP contribution is -2.41. The molecule has 0 fully saturated rings. The molecule has 172 valence electrons. The number of carbonyl (C=O) groups excluding carboxylic acids is 1. The Balaban J connectivity index is 1.75. The van der Waals surface area contributed by atoms with Crippen LogP contribution >= 0.6 is 11.6 Å². The highest BCUT2D eigenvalue weighted by Gasteiger charge is 2.38. The van der Waals surface area contributed by atoms with E-state index in [0.717, 1.165) is 33.6 Å². The van der Waals surface area contributed by atoms with Gasteiger partial charge in [0, 0.05) is 37.1 Å². The molecular formula is C28H27ClN4O. The van der Waals surface area contributed by atoms with Crippen LogP contribution in [0.1, 0.15) is 45.8 Å². The Labute approximate surface area is 204 Å². The zero-order chi connectivity index (χ0) is 24.0. The fourth-order valence-electron chi connectivity index (χ4n) is 5.06. The second kappa shape index (κ2) is 8.42. The van der Waals surface area contributed by atoms with Gasteiger partial charge < -0.3 is 15.2 Å². The van der Waals surface area contributed by atoms with Crippen LogP contribution < -0.4 is 10.6 Å². The highest BCUT2D eigenvalue weighted by Crippen LogP contribution is 2.43. The van der Waals surface area contributed by atoms with E-state index < -0.39 is 5.54 Å². The summed E-state index contributed by atoms with van der Waals surface area (Å²) in [6.07, 6.45) is 3.97. The highest BCUT2D eigenvalue weighted by molar-refractivity contribution is 6.30. The zero-order valence-corrected chi connectivity index (χ0v) is 20.3. The zero-order valence-electron chi connectivity index (χ0n) is 19.5. The van der Waals surface area contributed by atoms with Gasteiger partial charge in [0.1, 0.15) is 5.54 Å². The quantitative estimate of drug-likeness (QED) is 0.449. The molecule has 1 amide bonds. The first kappa shape index (κ1) is 22.4. The lowest BCUT2D eigenvalue weighted by molar-refractivity contribution is -0.118. The maximum absolute atomic E-state index is 12.9. The van der Waals surface area contributed by atoms with Gasteiger partial charge in [-0.05, 0) is 47.4 Å². The lowest BCUT2D eigenvalue weighted by atomic mass is 9.77. The van der Waals surface area contributed by atoms with Crippen LogP contribution in [0.2, 0.25) is 5.02 Å². The largest absolute Gasteiger partial charge is 0.336 e. The van der Waals surface area contributed by atoms with Gasteiger partial charge in [-0.25, -0.2) is 4.98 Å². The van der Waals surface area contributed by atoms with Crippen molar-refractivity contribution in [1.29, 1.82) is 0 Å². The Morgan fingerprint density at radius 1 is 1.03 bits per heavy atom. The summed E-state index contributed by atoms with van der Waals surface area (Å²) in [5.74, 6) is 0.0564. The molecule has 3 aromatic carbocycles. The van der Waals surface area contributed by atoms with E-state index in [0.29, 0.717) is 11.4 Å². The van der Waals surface area contributed by atoms with Crippen LogP contribution in [-0.4, -0.2) is 22.5 Å². The maximum Gasteiger partial charge on any atom is 0.227 e. The summed E-state index contributed by atoms with van der Waals surface area (Å²) in [7, 11) is 3.77. The number of anilines is 1. The van der Waals surface area contributed by atoms with Gasteiger partial charge in [0.15, 0.2) is 0 Å². The summed E-state index contributed by atoms with van der Waals surface area (Å²) in [5, 5.41) is 0.621. The predicted molar refractivity (Wildman–Crippen MR) is 136 cm³/mol. The van der Waals surface area contributed by atoms with Crippen molar-refractivity contribution in [3.63, 3.8) is 0 Å². The summed E-state index contributed by atoms with van der Waals surface area (Å²) in [4.78, 5) is 19.0. The molecule has 0 spiro atoms. The summed E-state index contributed by atoms with van der Waals surface area (Å²) in [6, 6.07) is 22.2. The van der Waals surface area contributed by atoms with Gasteiger partial charge in [-0.15, -0.1) is 0 Å². The minimum atomic E-state index is -0.984. The van der Waals surface area contributed by atoms with Crippen LogP contribution in [0, 0.1) is 6.92 Å². The number of amides is 1. The molecule has 2 heterocycles. The third kappa shape index (κ3) is 3.61. The number of nitrogens with two attached hydrogens (primary N) is 1. The Hall–Kier alpha value is -3.41. The lowest BCUT2D eigenvalue weighted by Gasteiger charge is -2.36. The van der Waals surface area contributed by atoms with E-state index in [2.05, 4.69) is 36.2 Å². The van der Waals surface area contributed by atoms with Crippen molar-refractivity contribution in [2.45, 2.75) is 24.8 Å². The number of nitrogens with zero attached hydrogens (tertiary/aromatic N) is 3. The van der Waals surface area contributed by atoms with E-state index in [4.69, 9.17) is 17.3 Å². The van der Waals surface area contributed by atoms with Gasteiger partial charge >= 0.3 is 0 Å². The number of hydrogen-bond donors (Lipinski definition) is 1. The van der Waals surface area contributed by atoms with Gasteiger partial charge in [0.05, 0.1) is 18.2 Å². The molecule has 0 aliphatic carbocycles. The van der Waals surface area contributed by atoms with E-state index in [9.17, 15) is 4.79 Å². The van der Waals surface area contributed by atoms with Crippen molar-refractivity contribution in [3.8, 4) is 0 Å². The average molecular weight is 471 g/mol. The first-order chi connectivity index (χ1) is 16.3. The molecule has 4 aromatic rings. The number of imidazole rings is 1. The van der Waals surface area contributed by atoms with E-state index in [1.807, 2.05) is 61.1 Å². The van der Waals surface area contributed by atoms with Crippen LogP contribution in [0.3, 0.4) is 0 Å². The smallest absolute Gasteiger partial charge is 0.227 e. The number of fused-ring (bicyclic) bond motifs is 1. The molecule has 2 atom stereocenters. The van der Waals surface area contributed by atoms with Gasteiger partial charge in [-0.3, -0.25) is 4.79 Å². The van der Waals surface area contributed by atoms with Crippen molar-refractivity contribution in [2.75, 3.05) is 11.9 Å². The molecular weight excluding hydrogens is 444 g/mol. The Morgan fingerprint density at radius 3 is 2.50 bits per heavy atom. The minimum Gasteiger partial charge on any atom is -0.336 e. The Bertz CT molecular complexity index is 1390. The van der Waals surface area contributed by atoms with Gasteiger partial charge in [-0.2, -0.15) is 0 Å². The Kier molecular flexibility index (Phi) is 5.54. The second-order valence-electron chi connectivity index (χ2n) is 9.11. The second-order valence-corrected chi connectivity index (χ2v) is 9.54. The van der Waals surface area contributed by atoms with Crippen LogP contribution in [0.25, 0.3) is 0 Å². The SMILES string of the molecule is Cc1cccc(C2CC(=O)N(C)c3ccc(C(N)(c4cccc(Cl)c4)c4cncn4C)cc32)c1. The molecule has 0 radical (unpaired) electrons. The standard InChI is InChI=1S/C28H27ClN4O/c1-18-6-4-7-19(12-18)23-15-27(34)33(3)25-11-10-21(14-24(23)25)28(30,26-16-31-17-32(26)2)20-8-5-9-22(29)13-20/h4-14,16-17,23H,15,30H2,1-3H3. The van der Waals surface area contributed by atoms with Crippen molar-refractivity contribution >= 4 is 23.2 Å². The highest BCUT2D eigenvalue weighted by atomic mass is 35.5. The first-order valence-corrected chi connectivity index (χ1v) is 11.7. The number of halogens is 1. The average Bonchev–Trinajstić information content (AvgIpc) is 3.27. The molecule has 5 rings (SSSR count). The topological polar surface area (TPSA) is 64.2 Å². The van der Waals surface area contributed by atoms with Crippen LogP contribution in [0.5, 0.6) is 0 Å². The summed E-state index contributed by atoms with van der Waals surface area (Å²) >= 11 is 6.39. The molecule has 34 heavy (non-hydrogen) atoms. The fourth-order valence-corrected chi connectivity index (χ4v) is 5.25. The number of aryl methyl sites for hydroxylation is 2. The van der Waals surface area contributed by atoms with Gasteiger partial charge in [0.25, 0.3) is 0 Å². The Morgan fingerprint density at radius 2 is 1.79 bits per heavy atom. The molecule has 2 unspecified atom stereocenters. The number of hydrogen-bond acceptors (Lipinski definition) is 3. The molecule has 1 aromatic heterocycles. The molecule has 0 saturated carbocycles. The predicted octanol–water partition coefficient (Wildman–Crippen LogP) is 5.13. The van der Waals surface area contributed by atoms with E-state index >= 15 is 0 Å². The van der Waals surface area contributed by atoms with Crippen molar-refractivity contribution in [2.24, 2.45) is 12.8 Å². The molecule has 0 bridgehead atoms. The van der Waals surface area contributed by atoms with E-state index in [1.54, 1.807) is 17.4 Å². The number of aromatic nitrogens is 2. The van der Waals surface area contributed by atoms with Crippen LogP contribution in [0.15, 0.2) is 79.3 Å². The molecule has 0 saturated heterocycles. The minimum absolute atomic E-state index is 0.0475. The fraction of sp³-hybridized carbons (Fsp3) is 0.214. The van der Waals surface area contributed by atoms with E-state index in [1.165, 1.54) is 5.56 Å². The third-order valence-corrected chi connectivity index (χ3v) is 7.15. The summed E-state index contributed by atoms with van der Waals surface area (Å²) in [6.45, 7) is 2.07. The van der Waals surface area contributed by atoms with Gasteiger partial charge in [0.2, 0.25) is 5.91 Å². The van der Waals surface area contributed by atoms with Crippen molar-refractivity contribution < 1.29 is 4.79 Å². The first-order valence-electron chi connectivity index (χ1n) is 11.3. The molecule has 2 N–H and O–H groups in total. The molecule has 1 aliphatic rings. The monoisotopic (exact) mass is 470 g/mol. The van der Waals surface area contributed by atoms with Gasteiger partial charge in [-0.1, -0.05) is 65.7 Å². The number of rotatable bonds is 4. The number of carbonyl (C=O) groups is 1. The molecule has 1 aliphatic heterocycles. The van der Waals surface area contributed by atoms with Crippen LogP contribution in [0.4, 0.5) is 5.69 Å².